The van der Waals surface area contributed by atoms with E-state index in [1.807, 2.05) is 24.3 Å². The van der Waals surface area contributed by atoms with Crippen molar-refractivity contribution in [1.29, 1.82) is 0 Å². The number of phenolic OH excluding ortho intramolecular Hbond substituents is 1. The number of phenols is 1. The second-order valence-electron chi connectivity index (χ2n) is 12.0. The van der Waals surface area contributed by atoms with Gasteiger partial charge in [-0.25, -0.2) is 4.98 Å². The first kappa shape index (κ1) is 33.6. The summed E-state index contributed by atoms with van der Waals surface area (Å²) in [6, 6.07) is 14.2. The zero-order valence-electron chi connectivity index (χ0n) is 24.9. The maximum absolute atomic E-state index is 10.5. The van der Waals surface area contributed by atoms with E-state index in [1.165, 1.54) is 115 Å². The fraction of sp³-hybridized carbons (Fsp3) is 0.618. The SMILES string of the molecule is CCCCCCCCCCCCCCCCCC[N+](C)(C)Cc1ccc(O)c(-c2nc3ccccc3s2)c1.[Cl-]. The van der Waals surface area contributed by atoms with Crippen LogP contribution < -0.4 is 12.4 Å². The fourth-order valence-corrected chi connectivity index (χ4v) is 6.49. The van der Waals surface area contributed by atoms with Crippen molar-refractivity contribution in [1.82, 2.24) is 4.98 Å². The first-order chi connectivity index (χ1) is 18.5. The lowest BCUT2D eigenvalue weighted by molar-refractivity contribution is -0.903. The number of quaternary nitrogens is 1. The summed E-state index contributed by atoms with van der Waals surface area (Å²) in [6.07, 6.45) is 22.6. The molecule has 0 aliphatic rings. The number of rotatable bonds is 20. The zero-order chi connectivity index (χ0) is 27.1. The van der Waals surface area contributed by atoms with Crippen molar-refractivity contribution < 1.29 is 22.0 Å². The third kappa shape index (κ3) is 12.6. The molecule has 39 heavy (non-hydrogen) atoms. The molecule has 3 nitrogen and oxygen atoms in total. The van der Waals surface area contributed by atoms with E-state index in [0.29, 0.717) is 5.75 Å². The summed E-state index contributed by atoms with van der Waals surface area (Å²) in [6.45, 7) is 4.45. The number of benzene rings is 2. The molecule has 0 aliphatic carbocycles. The highest BCUT2D eigenvalue weighted by molar-refractivity contribution is 7.21. The number of fused-ring (bicyclic) bond motifs is 1. The average molecular weight is 573 g/mol. The van der Waals surface area contributed by atoms with Gasteiger partial charge in [-0.15, -0.1) is 11.3 Å². The van der Waals surface area contributed by atoms with Gasteiger partial charge in [0.15, 0.2) is 0 Å². The van der Waals surface area contributed by atoms with Gasteiger partial charge in [0.05, 0.1) is 36.4 Å². The quantitative estimate of drug-likeness (QED) is 0.112. The Morgan fingerprint density at radius 3 is 1.82 bits per heavy atom. The van der Waals surface area contributed by atoms with Crippen LogP contribution in [0.15, 0.2) is 42.5 Å². The number of hydrogen-bond acceptors (Lipinski definition) is 3. The van der Waals surface area contributed by atoms with Crippen molar-refractivity contribution in [2.45, 2.75) is 116 Å². The van der Waals surface area contributed by atoms with E-state index in [0.717, 1.165) is 31.8 Å². The molecule has 3 rings (SSSR count). The van der Waals surface area contributed by atoms with Gasteiger partial charge < -0.3 is 22.0 Å². The number of unbranched alkanes of at least 4 members (excludes halogenated alkanes) is 15. The molecule has 0 atom stereocenters. The van der Waals surface area contributed by atoms with Crippen LogP contribution in [0.25, 0.3) is 20.8 Å². The third-order valence-corrected chi connectivity index (χ3v) is 8.88. The molecule has 0 saturated carbocycles. The molecule has 218 valence electrons. The maximum Gasteiger partial charge on any atom is 0.128 e. The molecule has 3 aromatic rings. The van der Waals surface area contributed by atoms with Gasteiger partial charge in [-0.1, -0.05) is 109 Å². The molecule has 0 fully saturated rings. The second-order valence-corrected chi connectivity index (χ2v) is 13.0. The molecule has 0 bridgehead atoms. The Morgan fingerprint density at radius 2 is 1.26 bits per heavy atom. The summed E-state index contributed by atoms with van der Waals surface area (Å²) in [4.78, 5) is 4.76. The third-order valence-electron chi connectivity index (χ3n) is 7.81. The molecule has 2 aromatic carbocycles. The van der Waals surface area contributed by atoms with Crippen LogP contribution >= 0.6 is 11.3 Å². The van der Waals surface area contributed by atoms with Crippen LogP contribution in [-0.2, 0) is 6.54 Å². The maximum atomic E-state index is 10.5. The molecular weight excluding hydrogens is 520 g/mol. The van der Waals surface area contributed by atoms with Crippen LogP contribution in [0.1, 0.15) is 115 Å². The summed E-state index contributed by atoms with van der Waals surface area (Å²) in [5.41, 5.74) is 3.11. The van der Waals surface area contributed by atoms with E-state index in [-0.39, 0.29) is 12.4 Å². The molecule has 0 amide bonds. The molecule has 1 aromatic heterocycles. The van der Waals surface area contributed by atoms with Crippen LogP contribution in [0.5, 0.6) is 5.75 Å². The summed E-state index contributed by atoms with van der Waals surface area (Å²) in [5.74, 6) is 0.316. The first-order valence-corrected chi connectivity index (χ1v) is 16.3. The van der Waals surface area contributed by atoms with Crippen LogP contribution in [0.2, 0.25) is 0 Å². The van der Waals surface area contributed by atoms with Gasteiger partial charge in [0.25, 0.3) is 0 Å². The van der Waals surface area contributed by atoms with Crippen molar-refractivity contribution in [2.24, 2.45) is 0 Å². The van der Waals surface area contributed by atoms with Crippen molar-refractivity contribution in [2.75, 3.05) is 20.6 Å². The minimum atomic E-state index is 0. The standard InChI is InChI=1S/C34H52N2OS.ClH/c1-4-5-6-7-8-9-10-11-12-13-14-15-16-17-18-21-26-36(2,3)28-29-24-25-32(37)30(27-29)34-35-31-22-19-20-23-33(31)38-34;/h19-20,22-25,27H,4-18,21,26,28H2,1-3H3;1H. The summed E-state index contributed by atoms with van der Waals surface area (Å²) >= 11 is 1.65. The van der Waals surface area contributed by atoms with Gasteiger partial charge in [-0.2, -0.15) is 0 Å². The zero-order valence-corrected chi connectivity index (χ0v) is 26.5. The van der Waals surface area contributed by atoms with Crippen molar-refractivity contribution in [3.8, 4) is 16.3 Å². The van der Waals surface area contributed by atoms with E-state index < -0.39 is 0 Å². The Morgan fingerprint density at radius 1 is 0.718 bits per heavy atom. The van der Waals surface area contributed by atoms with Crippen molar-refractivity contribution >= 4 is 21.6 Å². The summed E-state index contributed by atoms with van der Waals surface area (Å²) < 4.78 is 2.13. The lowest BCUT2D eigenvalue weighted by Crippen LogP contribution is -3.00. The fourth-order valence-electron chi connectivity index (χ4n) is 5.50. The number of para-hydroxylation sites is 1. The van der Waals surface area contributed by atoms with E-state index in [1.54, 1.807) is 11.3 Å². The van der Waals surface area contributed by atoms with Gasteiger partial charge in [0, 0.05) is 5.56 Å². The Balaban J connectivity index is 0.00000533. The second kappa shape index (κ2) is 18.7. The molecular formula is C34H53ClN2OS. The average Bonchev–Trinajstić information content (AvgIpc) is 3.33. The molecule has 0 unspecified atom stereocenters. The van der Waals surface area contributed by atoms with E-state index >= 15 is 0 Å². The Bertz CT molecular complexity index is 1030. The van der Waals surface area contributed by atoms with Crippen LogP contribution in [-0.4, -0.2) is 35.2 Å². The molecule has 0 radical (unpaired) electrons. The van der Waals surface area contributed by atoms with Crippen LogP contribution in [0.4, 0.5) is 0 Å². The molecule has 0 saturated heterocycles. The van der Waals surface area contributed by atoms with E-state index in [4.69, 9.17) is 4.98 Å². The molecule has 0 spiro atoms. The van der Waals surface area contributed by atoms with Crippen molar-refractivity contribution in [3.63, 3.8) is 0 Å². The largest absolute Gasteiger partial charge is 1.00 e. The molecule has 0 aliphatic heterocycles. The lowest BCUT2D eigenvalue weighted by atomic mass is 10.0. The minimum absolute atomic E-state index is 0. The Labute approximate surface area is 249 Å². The van der Waals surface area contributed by atoms with Gasteiger partial charge in [0.2, 0.25) is 0 Å². The predicted octanol–water partition coefficient (Wildman–Crippen LogP) is 7.51. The van der Waals surface area contributed by atoms with E-state index in [2.05, 4.69) is 39.2 Å². The molecule has 5 heteroatoms. The number of thiazole rings is 1. The van der Waals surface area contributed by atoms with Gasteiger partial charge in [0.1, 0.15) is 17.3 Å². The normalized spacial score (nSPS) is 11.7. The minimum Gasteiger partial charge on any atom is -1.00 e. The molecule has 1 N–H and O–H groups in total. The topological polar surface area (TPSA) is 33.1 Å². The predicted molar refractivity (Wildman–Crippen MR) is 167 cm³/mol. The number of aromatic nitrogens is 1. The Hall–Kier alpha value is -1.62. The number of nitrogens with zero attached hydrogens (tertiary/aromatic N) is 2. The van der Waals surface area contributed by atoms with E-state index in [9.17, 15) is 5.11 Å². The highest BCUT2D eigenvalue weighted by Gasteiger charge is 2.18. The smallest absolute Gasteiger partial charge is 0.128 e. The van der Waals surface area contributed by atoms with Crippen LogP contribution in [0.3, 0.4) is 0 Å². The number of aromatic hydroxyl groups is 1. The lowest BCUT2D eigenvalue weighted by Gasteiger charge is -2.30. The molecule has 1 heterocycles. The highest BCUT2D eigenvalue weighted by Crippen LogP contribution is 2.36. The summed E-state index contributed by atoms with van der Waals surface area (Å²) in [7, 11) is 4.66. The van der Waals surface area contributed by atoms with Gasteiger partial charge in [-0.05, 0) is 43.2 Å². The monoisotopic (exact) mass is 572 g/mol. The Kier molecular flexibility index (Phi) is 16.1. The number of halogens is 1. The van der Waals surface area contributed by atoms with Crippen molar-refractivity contribution in [3.05, 3.63) is 48.0 Å². The number of hydrogen-bond donors (Lipinski definition) is 1. The summed E-state index contributed by atoms with van der Waals surface area (Å²) in [5, 5.41) is 11.4. The van der Waals surface area contributed by atoms with Crippen LogP contribution in [0, 0.1) is 0 Å². The highest BCUT2D eigenvalue weighted by atomic mass is 35.5. The van der Waals surface area contributed by atoms with Gasteiger partial charge >= 0.3 is 0 Å². The van der Waals surface area contributed by atoms with Gasteiger partial charge in [-0.3, -0.25) is 0 Å². The first-order valence-electron chi connectivity index (χ1n) is 15.5.